The minimum atomic E-state index is -0.0974. The van der Waals surface area contributed by atoms with Crippen molar-refractivity contribution in [1.82, 2.24) is 15.3 Å². The van der Waals surface area contributed by atoms with Crippen LogP contribution >= 0.6 is 11.8 Å². The van der Waals surface area contributed by atoms with Gasteiger partial charge in [0.15, 0.2) is 0 Å². The van der Waals surface area contributed by atoms with Gasteiger partial charge in [0.25, 0.3) is 5.56 Å². The molecule has 1 aromatic carbocycles. The maximum Gasteiger partial charge on any atom is 0.251 e. The highest BCUT2D eigenvalue weighted by atomic mass is 32.2. The number of nitrogens with one attached hydrogen (secondary N) is 2. The van der Waals surface area contributed by atoms with Gasteiger partial charge in [0, 0.05) is 17.5 Å². The Morgan fingerprint density at radius 2 is 2.05 bits per heavy atom. The third-order valence-corrected chi connectivity index (χ3v) is 3.62. The smallest absolute Gasteiger partial charge is 0.251 e. The van der Waals surface area contributed by atoms with Crippen molar-refractivity contribution >= 4 is 11.8 Å². The maximum atomic E-state index is 11.5. The van der Waals surface area contributed by atoms with Crippen molar-refractivity contribution in [1.29, 1.82) is 0 Å². The third kappa shape index (κ3) is 4.22. The fourth-order valence-corrected chi connectivity index (χ4v) is 2.46. The second-order valence-electron chi connectivity index (χ2n) is 4.32. The van der Waals surface area contributed by atoms with Crippen molar-refractivity contribution in [2.45, 2.75) is 24.1 Å². The van der Waals surface area contributed by atoms with Gasteiger partial charge in [-0.1, -0.05) is 17.7 Å². The molecule has 19 heavy (non-hydrogen) atoms. The van der Waals surface area contributed by atoms with E-state index in [0.717, 1.165) is 5.69 Å². The molecule has 2 N–H and O–H groups in total. The number of thioether (sulfide) groups is 1. The molecule has 0 bridgehead atoms. The Labute approximate surface area is 116 Å². The van der Waals surface area contributed by atoms with Gasteiger partial charge in [-0.15, -0.1) is 11.8 Å². The number of H-pyrrole nitrogens is 1. The summed E-state index contributed by atoms with van der Waals surface area (Å²) in [5, 5.41) is 3.00. The first-order chi connectivity index (χ1) is 9.17. The summed E-state index contributed by atoms with van der Waals surface area (Å²) < 4.78 is 0. The van der Waals surface area contributed by atoms with E-state index in [9.17, 15) is 4.79 Å². The molecule has 0 aliphatic carbocycles. The van der Waals surface area contributed by atoms with Gasteiger partial charge in [-0.25, -0.2) is 4.98 Å². The van der Waals surface area contributed by atoms with Crippen molar-refractivity contribution in [3.8, 4) is 0 Å². The molecular formula is C14H17N3OS. The molecule has 0 radical (unpaired) electrons. The number of hydrogen-bond donors (Lipinski definition) is 2. The van der Waals surface area contributed by atoms with Crippen LogP contribution in [0, 0.1) is 6.92 Å². The molecule has 2 aromatic rings. The molecule has 100 valence electrons. The van der Waals surface area contributed by atoms with Crippen molar-refractivity contribution in [3.63, 3.8) is 0 Å². The summed E-state index contributed by atoms with van der Waals surface area (Å²) >= 11 is 1.66. The molecule has 0 atom stereocenters. The van der Waals surface area contributed by atoms with Gasteiger partial charge < -0.3 is 10.3 Å². The van der Waals surface area contributed by atoms with Crippen LogP contribution in [0.4, 0.5) is 0 Å². The van der Waals surface area contributed by atoms with Crippen molar-refractivity contribution < 1.29 is 0 Å². The first-order valence-corrected chi connectivity index (χ1v) is 7.09. The molecule has 0 aliphatic rings. The molecule has 1 heterocycles. The molecule has 0 aliphatic heterocycles. The summed E-state index contributed by atoms with van der Waals surface area (Å²) in [7, 11) is 1.84. The molecule has 0 saturated heterocycles. The zero-order valence-corrected chi connectivity index (χ0v) is 11.9. The molecule has 2 rings (SSSR count). The summed E-state index contributed by atoms with van der Waals surface area (Å²) in [6.07, 6.45) is 0. The van der Waals surface area contributed by atoms with Crippen LogP contribution in [0.25, 0.3) is 0 Å². The molecule has 0 amide bonds. The van der Waals surface area contributed by atoms with Gasteiger partial charge in [0.2, 0.25) is 0 Å². The average Bonchev–Trinajstić information content (AvgIpc) is 2.38. The number of aromatic nitrogens is 2. The third-order valence-electron chi connectivity index (χ3n) is 2.60. The van der Waals surface area contributed by atoms with E-state index in [1.165, 1.54) is 16.5 Å². The zero-order chi connectivity index (χ0) is 13.7. The van der Waals surface area contributed by atoms with Gasteiger partial charge in [-0.3, -0.25) is 4.79 Å². The second kappa shape index (κ2) is 6.54. The summed E-state index contributed by atoms with van der Waals surface area (Å²) in [4.78, 5) is 19.9. The summed E-state index contributed by atoms with van der Waals surface area (Å²) in [6, 6.07) is 9.84. The predicted molar refractivity (Wildman–Crippen MR) is 78.4 cm³/mol. The Hall–Kier alpha value is -1.59. The molecule has 1 aromatic heterocycles. The summed E-state index contributed by atoms with van der Waals surface area (Å²) in [5.74, 6) is 1.37. The van der Waals surface area contributed by atoms with Crippen molar-refractivity contribution in [2.75, 3.05) is 7.05 Å². The number of rotatable bonds is 5. The molecule has 0 spiro atoms. The SMILES string of the molecule is CNCc1cc(=O)[nH]c(CSc2ccc(C)cc2)n1. The largest absolute Gasteiger partial charge is 0.314 e. The number of benzene rings is 1. The van der Waals surface area contributed by atoms with E-state index in [0.29, 0.717) is 18.1 Å². The van der Waals surface area contributed by atoms with Gasteiger partial charge in [0.05, 0.1) is 11.4 Å². The van der Waals surface area contributed by atoms with Gasteiger partial charge in [0.1, 0.15) is 5.82 Å². The summed E-state index contributed by atoms with van der Waals surface area (Å²) in [6.45, 7) is 2.67. The highest BCUT2D eigenvalue weighted by molar-refractivity contribution is 7.98. The molecule has 0 unspecified atom stereocenters. The lowest BCUT2D eigenvalue weighted by Gasteiger charge is -2.04. The second-order valence-corrected chi connectivity index (χ2v) is 5.36. The predicted octanol–water partition coefficient (Wildman–Crippen LogP) is 2.09. The van der Waals surface area contributed by atoms with Crippen LogP contribution in [0.3, 0.4) is 0 Å². The van der Waals surface area contributed by atoms with E-state index in [1.54, 1.807) is 11.8 Å². The van der Waals surface area contributed by atoms with Crippen LogP contribution < -0.4 is 10.9 Å². The van der Waals surface area contributed by atoms with E-state index in [2.05, 4.69) is 46.5 Å². The Bertz CT molecular complexity index is 592. The molecule has 5 heteroatoms. The highest BCUT2D eigenvalue weighted by Crippen LogP contribution is 2.21. The van der Waals surface area contributed by atoms with Crippen LogP contribution in [-0.4, -0.2) is 17.0 Å². The standard InChI is InChI=1S/C14H17N3OS/c1-10-3-5-12(6-4-10)19-9-13-16-11(8-15-2)7-14(18)17-13/h3-7,15H,8-9H2,1-2H3,(H,16,17,18). The fourth-order valence-electron chi connectivity index (χ4n) is 1.69. The van der Waals surface area contributed by atoms with Crippen LogP contribution in [0.5, 0.6) is 0 Å². The number of nitrogens with zero attached hydrogens (tertiary/aromatic N) is 1. The Morgan fingerprint density at radius 3 is 2.74 bits per heavy atom. The van der Waals surface area contributed by atoms with Gasteiger partial charge in [-0.2, -0.15) is 0 Å². The van der Waals surface area contributed by atoms with Crippen LogP contribution in [-0.2, 0) is 12.3 Å². The lowest BCUT2D eigenvalue weighted by Crippen LogP contribution is -2.16. The van der Waals surface area contributed by atoms with Gasteiger partial charge in [-0.05, 0) is 26.1 Å². The lowest BCUT2D eigenvalue weighted by molar-refractivity contribution is 0.773. The van der Waals surface area contributed by atoms with Crippen LogP contribution in [0.2, 0.25) is 0 Å². The molecule has 0 saturated carbocycles. The van der Waals surface area contributed by atoms with Gasteiger partial charge >= 0.3 is 0 Å². The first-order valence-electron chi connectivity index (χ1n) is 6.10. The quantitative estimate of drug-likeness (QED) is 0.820. The number of aromatic amines is 1. The maximum absolute atomic E-state index is 11.5. The van der Waals surface area contributed by atoms with Crippen molar-refractivity contribution in [2.24, 2.45) is 0 Å². The number of aryl methyl sites for hydroxylation is 1. The van der Waals surface area contributed by atoms with E-state index >= 15 is 0 Å². The molecule has 0 fully saturated rings. The molecular weight excluding hydrogens is 258 g/mol. The van der Waals surface area contributed by atoms with Crippen LogP contribution in [0.1, 0.15) is 17.1 Å². The van der Waals surface area contributed by atoms with E-state index in [1.807, 2.05) is 7.05 Å². The lowest BCUT2D eigenvalue weighted by atomic mass is 10.2. The van der Waals surface area contributed by atoms with E-state index in [-0.39, 0.29) is 5.56 Å². The van der Waals surface area contributed by atoms with E-state index in [4.69, 9.17) is 0 Å². The Morgan fingerprint density at radius 1 is 1.32 bits per heavy atom. The monoisotopic (exact) mass is 275 g/mol. The molecule has 4 nitrogen and oxygen atoms in total. The fraction of sp³-hybridized carbons (Fsp3) is 0.286. The summed E-state index contributed by atoms with van der Waals surface area (Å²) in [5.41, 5.74) is 1.91. The zero-order valence-electron chi connectivity index (χ0n) is 11.1. The minimum absolute atomic E-state index is 0.0974. The topological polar surface area (TPSA) is 57.8 Å². The Balaban J connectivity index is 2.06. The first kappa shape index (κ1) is 13.8. The number of hydrogen-bond acceptors (Lipinski definition) is 4. The van der Waals surface area contributed by atoms with E-state index < -0.39 is 0 Å². The minimum Gasteiger partial charge on any atom is -0.314 e. The highest BCUT2D eigenvalue weighted by Gasteiger charge is 2.02. The van der Waals surface area contributed by atoms with Crippen molar-refractivity contribution in [3.05, 3.63) is 57.8 Å². The Kier molecular flexibility index (Phi) is 4.76. The average molecular weight is 275 g/mol. The normalized spacial score (nSPS) is 10.6. The van der Waals surface area contributed by atoms with Crippen LogP contribution in [0.15, 0.2) is 40.0 Å².